The van der Waals surface area contributed by atoms with Gasteiger partial charge in [-0.25, -0.2) is 17.5 Å². The summed E-state index contributed by atoms with van der Waals surface area (Å²) >= 11 is 0. The molecule has 0 aliphatic heterocycles. The number of rotatable bonds is 7. The molecule has 1 amide bonds. The smallest absolute Gasteiger partial charge is 0.322 e. The lowest BCUT2D eigenvalue weighted by Crippen LogP contribution is -2.39. The summed E-state index contributed by atoms with van der Waals surface area (Å²) < 4.78 is 43.6. The van der Waals surface area contributed by atoms with Crippen LogP contribution in [0.25, 0.3) is 0 Å². The number of benzene rings is 1. The van der Waals surface area contributed by atoms with Gasteiger partial charge >= 0.3 is 5.97 Å². The van der Waals surface area contributed by atoms with Crippen LogP contribution in [0.5, 0.6) is 5.75 Å². The van der Waals surface area contributed by atoms with Crippen LogP contribution in [-0.4, -0.2) is 45.6 Å². The summed E-state index contributed by atoms with van der Waals surface area (Å²) in [4.78, 5) is 21.0. The van der Waals surface area contributed by atoms with Gasteiger partial charge < -0.3 is 15.2 Å². The van der Waals surface area contributed by atoms with Crippen molar-refractivity contribution in [3.8, 4) is 5.75 Å². The standard InChI is InChI=1S/C11H13FN2O6S/c1-20-9-3-2-7(4-8(9)12)21(18,19)14-5-10(15)13-6-11(16)17/h2-4,14H,5-6H2,1H3,(H,13,15)(H,16,17). The van der Waals surface area contributed by atoms with E-state index in [9.17, 15) is 22.4 Å². The van der Waals surface area contributed by atoms with E-state index >= 15 is 0 Å². The number of aliphatic carboxylic acids is 1. The fraction of sp³-hybridized carbons (Fsp3) is 0.273. The first-order valence-corrected chi connectivity index (χ1v) is 7.06. The van der Waals surface area contributed by atoms with Gasteiger partial charge in [0, 0.05) is 0 Å². The second kappa shape index (κ2) is 6.99. The first-order valence-electron chi connectivity index (χ1n) is 5.58. The molecule has 116 valence electrons. The predicted octanol–water partition coefficient (Wildman–Crippen LogP) is -0.687. The Balaban J connectivity index is 2.71. The van der Waals surface area contributed by atoms with Crippen molar-refractivity contribution in [2.75, 3.05) is 20.2 Å². The van der Waals surface area contributed by atoms with Crippen molar-refractivity contribution in [2.45, 2.75) is 4.90 Å². The quantitative estimate of drug-likeness (QED) is 0.611. The molecule has 0 heterocycles. The highest BCUT2D eigenvalue weighted by Crippen LogP contribution is 2.20. The van der Waals surface area contributed by atoms with E-state index in [1.165, 1.54) is 7.11 Å². The number of ether oxygens (including phenoxy) is 1. The Hall–Kier alpha value is -2.20. The molecule has 1 rings (SSSR count). The minimum atomic E-state index is -4.10. The minimum Gasteiger partial charge on any atom is -0.494 e. The fourth-order valence-electron chi connectivity index (χ4n) is 1.29. The van der Waals surface area contributed by atoms with Crippen LogP contribution in [0.3, 0.4) is 0 Å². The molecule has 3 N–H and O–H groups in total. The SMILES string of the molecule is COc1ccc(S(=O)(=O)NCC(=O)NCC(=O)O)cc1F. The van der Waals surface area contributed by atoms with E-state index in [2.05, 4.69) is 4.74 Å². The monoisotopic (exact) mass is 320 g/mol. The van der Waals surface area contributed by atoms with Gasteiger partial charge in [-0.1, -0.05) is 0 Å². The maximum atomic E-state index is 13.4. The third-order valence-electron chi connectivity index (χ3n) is 2.29. The molecule has 0 spiro atoms. The Morgan fingerprint density at radius 3 is 2.52 bits per heavy atom. The van der Waals surface area contributed by atoms with Crippen molar-refractivity contribution in [1.29, 1.82) is 0 Å². The lowest BCUT2D eigenvalue weighted by molar-refractivity contribution is -0.137. The maximum absolute atomic E-state index is 13.4. The van der Waals surface area contributed by atoms with Crippen molar-refractivity contribution in [3.05, 3.63) is 24.0 Å². The second-order valence-electron chi connectivity index (χ2n) is 3.79. The average Bonchev–Trinajstić information content (AvgIpc) is 2.42. The van der Waals surface area contributed by atoms with Gasteiger partial charge in [-0.2, -0.15) is 0 Å². The van der Waals surface area contributed by atoms with Gasteiger partial charge in [0.05, 0.1) is 18.6 Å². The molecule has 1 aromatic rings. The molecule has 0 unspecified atom stereocenters. The number of carbonyl (C=O) groups is 2. The van der Waals surface area contributed by atoms with Gasteiger partial charge in [0.1, 0.15) is 6.54 Å². The number of carboxylic acids is 1. The van der Waals surface area contributed by atoms with Crippen LogP contribution >= 0.6 is 0 Å². The lowest BCUT2D eigenvalue weighted by atomic mass is 10.3. The highest BCUT2D eigenvalue weighted by atomic mass is 32.2. The molecule has 0 bridgehead atoms. The second-order valence-corrected chi connectivity index (χ2v) is 5.56. The van der Waals surface area contributed by atoms with Gasteiger partial charge in [0.25, 0.3) is 0 Å². The molecule has 0 fully saturated rings. The number of methoxy groups -OCH3 is 1. The zero-order chi connectivity index (χ0) is 16.0. The van der Waals surface area contributed by atoms with Crippen molar-refractivity contribution in [1.82, 2.24) is 10.0 Å². The van der Waals surface area contributed by atoms with E-state index in [-0.39, 0.29) is 10.6 Å². The number of carboxylic acid groups (broad SMARTS) is 1. The summed E-state index contributed by atoms with van der Waals surface area (Å²) in [6.45, 7) is -1.29. The topological polar surface area (TPSA) is 122 Å². The first-order chi connectivity index (χ1) is 9.76. The van der Waals surface area contributed by atoms with Gasteiger partial charge in [0.2, 0.25) is 15.9 Å². The van der Waals surface area contributed by atoms with Crippen LogP contribution in [0.2, 0.25) is 0 Å². The van der Waals surface area contributed by atoms with Crippen molar-refractivity contribution in [3.63, 3.8) is 0 Å². The Kier molecular flexibility index (Phi) is 5.61. The summed E-state index contributed by atoms with van der Waals surface area (Å²) in [5, 5.41) is 10.3. The van der Waals surface area contributed by atoms with Crippen LogP contribution in [0.15, 0.2) is 23.1 Å². The van der Waals surface area contributed by atoms with Crippen LogP contribution in [0, 0.1) is 5.82 Å². The molecule has 1 aromatic carbocycles. The summed E-state index contributed by atoms with van der Waals surface area (Å²) in [5.41, 5.74) is 0. The van der Waals surface area contributed by atoms with Crippen LogP contribution in [0.4, 0.5) is 4.39 Å². The first kappa shape index (κ1) is 16.9. The number of amides is 1. The van der Waals surface area contributed by atoms with Crippen molar-refractivity contribution >= 4 is 21.9 Å². The average molecular weight is 320 g/mol. The number of hydrogen-bond acceptors (Lipinski definition) is 5. The Morgan fingerprint density at radius 2 is 2.00 bits per heavy atom. The Labute approximate surface area is 120 Å². The number of nitrogens with one attached hydrogen (secondary N) is 2. The largest absolute Gasteiger partial charge is 0.494 e. The third-order valence-corrected chi connectivity index (χ3v) is 3.69. The van der Waals surface area contributed by atoms with Gasteiger partial charge in [-0.15, -0.1) is 0 Å². The molecule has 0 aliphatic rings. The molecule has 0 aliphatic carbocycles. The van der Waals surface area contributed by atoms with E-state index in [0.717, 1.165) is 18.2 Å². The van der Waals surface area contributed by atoms with E-state index in [0.29, 0.717) is 0 Å². The third kappa shape index (κ3) is 5.00. The molecule has 0 saturated carbocycles. The summed E-state index contributed by atoms with van der Waals surface area (Å²) in [6.07, 6.45) is 0. The normalized spacial score (nSPS) is 11.0. The molecule has 0 aromatic heterocycles. The highest BCUT2D eigenvalue weighted by Gasteiger charge is 2.17. The number of halogens is 1. The van der Waals surface area contributed by atoms with E-state index in [4.69, 9.17) is 5.11 Å². The molecule has 21 heavy (non-hydrogen) atoms. The molecule has 10 heteroatoms. The Morgan fingerprint density at radius 1 is 1.33 bits per heavy atom. The van der Waals surface area contributed by atoms with E-state index < -0.39 is 40.8 Å². The fourth-order valence-corrected chi connectivity index (χ4v) is 2.29. The highest BCUT2D eigenvalue weighted by molar-refractivity contribution is 7.89. The number of hydrogen-bond donors (Lipinski definition) is 3. The summed E-state index contributed by atoms with van der Waals surface area (Å²) in [6, 6.07) is 2.99. The lowest BCUT2D eigenvalue weighted by Gasteiger charge is -2.08. The zero-order valence-electron chi connectivity index (χ0n) is 10.9. The molecule has 0 saturated heterocycles. The van der Waals surface area contributed by atoms with Crippen LogP contribution in [-0.2, 0) is 19.6 Å². The zero-order valence-corrected chi connectivity index (χ0v) is 11.7. The summed E-state index contributed by atoms with van der Waals surface area (Å²) in [5.74, 6) is -3.07. The van der Waals surface area contributed by atoms with E-state index in [1.807, 2.05) is 10.0 Å². The van der Waals surface area contributed by atoms with Crippen LogP contribution in [0.1, 0.15) is 0 Å². The molecule has 8 nitrogen and oxygen atoms in total. The van der Waals surface area contributed by atoms with Crippen molar-refractivity contribution < 1.29 is 32.2 Å². The summed E-state index contributed by atoms with van der Waals surface area (Å²) in [7, 11) is -2.86. The minimum absolute atomic E-state index is 0.117. The van der Waals surface area contributed by atoms with Crippen molar-refractivity contribution in [2.24, 2.45) is 0 Å². The molecular formula is C11H13FN2O6S. The number of carbonyl (C=O) groups excluding carboxylic acids is 1. The van der Waals surface area contributed by atoms with E-state index in [1.54, 1.807) is 0 Å². The molecular weight excluding hydrogens is 307 g/mol. The van der Waals surface area contributed by atoms with Gasteiger partial charge in [-0.05, 0) is 18.2 Å². The molecule has 0 atom stereocenters. The van der Waals surface area contributed by atoms with Gasteiger partial charge in [-0.3, -0.25) is 9.59 Å². The Bertz CT molecular complexity index is 646. The van der Waals surface area contributed by atoms with Crippen LogP contribution < -0.4 is 14.8 Å². The number of sulfonamides is 1. The maximum Gasteiger partial charge on any atom is 0.322 e. The molecule has 0 radical (unpaired) electrons. The van der Waals surface area contributed by atoms with Gasteiger partial charge in [0.15, 0.2) is 11.6 Å². The predicted molar refractivity (Wildman–Crippen MR) is 68.8 cm³/mol.